The van der Waals surface area contributed by atoms with Crippen LogP contribution in [-0.4, -0.2) is 69.3 Å². The number of aromatic nitrogens is 2. The van der Waals surface area contributed by atoms with Crippen molar-refractivity contribution in [3.05, 3.63) is 59.7 Å². The Bertz CT molecular complexity index is 1090. The van der Waals surface area contributed by atoms with Crippen molar-refractivity contribution in [2.75, 3.05) is 19.6 Å². The predicted molar refractivity (Wildman–Crippen MR) is 126 cm³/mol. The van der Waals surface area contributed by atoms with Gasteiger partial charge in [0.05, 0.1) is 12.1 Å². The highest BCUT2D eigenvalue weighted by Crippen LogP contribution is 2.39. The van der Waals surface area contributed by atoms with Gasteiger partial charge in [0.1, 0.15) is 5.82 Å². The van der Waals surface area contributed by atoms with Crippen LogP contribution in [0.4, 0.5) is 13.2 Å². The van der Waals surface area contributed by atoms with Crippen molar-refractivity contribution >= 4 is 11.8 Å². The van der Waals surface area contributed by atoms with Crippen LogP contribution in [0, 0.1) is 0 Å². The van der Waals surface area contributed by atoms with Crippen molar-refractivity contribution in [3.63, 3.8) is 0 Å². The molecule has 3 fully saturated rings. The van der Waals surface area contributed by atoms with Gasteiger partial charge in [-0.1, -0.05) is 6.07 Å². The number of amides is 2. The fraction of sp³-hybridized carbons (Fsp3) is 0.538. The van der Waals surface area contributed by atoms with Crippen LogP contribution in [0.3, 0.4) is 0 Å². The molecule has 0 spiro atoms. The number of nitrogens with zero attached hydrogens (tertiary/aromatic N) is 4. The monoisotopic (exact) mass is 501 g/mol. The Hall–Kier alpha value is -3.01. The molecular weight excluding hydrogens is 471 g/mol. The number of carbonyl (C=O) groups excluding carboxylic acids is 2. The summed E-state index contributed by atoms with van der Waals surface area (Å²) < 4.78 is 38.8. The van der Waals surface area contributed by atoms with Gasteiger partial charge in [0.15, 0.2) is 0 Å². The van der Waals surface area contributed by atoms with Gasteiger partial charge >= 0.3 is 6.18 Å². The van der Waals surface area contributed by atoms with Crippen molar-refractivity contribution in [1.29, 1.82) is 0 Å². The van der Waals surface area contributed by atoms with Crippen LogP contribution in [0.25, 0.3) is 0 Å². The number of hydrogen-bond acceptors (Lipinski definition) is 5. The predicted octanol–water partition coefficient (Wildman–Crippen LogP) is 3.63. The lowest BCUT2D eigenvalue weighted by molar-refractivity contribution is -0.137. The molecule has 2 aliphatic heterocycles. The Balaban J connectivity index is 1.13. The van der Waals surface area contributed by atoms with E-state index in [-0.39, 0.29) is 24.1 Å². The van der Waals surface area contributed by atoms with Crippen molar-refractivity contribution in [1.82, 2.24) is 25.1 Å². The van der Waals surface area contributed by atoms with Crippen molar-refractivity contribution < 1.29 is 22.8 Å². The quantitative estimate of drug-likeness (QED) is 0.677. The lowest BCUT2D eigenvalue weighted by Crippen LogP contribution is -2.46. The van der Waals surface area contributed by atoms with Gasteiger partial charge in [-0.25, -0.2) is 9.97 Å². The molecule has 2 atom stereocenters. The molecule has 1 saturated carbocycles. The second-order valence-electron chi connectivity index (χ2n) is 9.91. The Morgan fingerprint density at radius 1 is 0.944 bits per heavy atom. The fourth-order valence-corrected chi connectivity index (χ4v) is 6.17. The normalized spacial score (nSPS) is 26.6. The minimum atomic E-state index is -4.53. The zero-order valence-corrected chi connectivity index (χ0v) is 20.0. The average Bonchev–Trinajstić information content (AvgIpc) is 3.50. The third kappa shape index (κ3) is 5.09. The van der Waals surface area contributed by atoms with Gasteiger partial charge in [-0.15, -0.1) is 0 Å². The second-order valence-corrected chi connectivity index (χ2v) is 9.91. The first kappa shape index (κ1) is 24.7. The summed E-state index contributed by atoms with van der Waals surface area (Å²) in [5, 5.41) is 2.51. The minimum absolute atomic E-state index is 0.111. The molecule has 2 aromatic rings. The minimum Gasteiger partial charge on any atom is -0.343 e. The summed E-state index contributed by atoms with van der Waals surface area (Å²) in [4.78, 5) is 38.6. The lowest BCUT2D eigenvalue weighted by Gasteiger charge is -2.37. The van der Waals surface area contributed by atoms with Crippen LogP contribution in [-0.2, 0) is 11.0 Å². The van der Waals surface area contributed by atoms with Gasteiger partial charge in [-0.2, -0.15) is 13.2 Å². The Morgan fingerprint density at radius 3 is 2.39 bits per heavy atom. The summed E-state index contributed by atoms with van der Waals surface area (Å²) in [6, 6.07) is 7.01. The standard InChI is InChI=1S/C26H30F3N5O2/c27-26(28,29)19-4-1-3-18(15-19)25(36)32-16-23(35)34-14-10-21-22(34)9-13-33(21)20-7-5-17(6-8-20)24-30-11-2-12-31-24/h1-4,11-12,15,17,20-22H,5-10,13-14,16H2,(H,32,36)/t17-,20+,21?,22?. The van der Waals surface area contributed by atoms with E-state index in [4.69, 9.17) is 0 Å². The molecule has 192 valence electrons. The first-order valence-electron chi connectivity index (χ1n) is 12.6. The van der Waals surface area contributed by atoms with E-state index < -0.39 is 17.6 Å². The van der Waals surface area contributed by atoms with E-state index in [1.54, 1.807) is 12.4 Å². The summed E-state index contributed by atoms with van der Waals surface area (Å²) >= 11 is 0. The largest absolute Gasteiger partial charge is 0.416 e. The SMILES string of the molecule is O=C(NCC(=O)N1CCC2C1CCN2[C@H]1CC[C@@H](c2ncccn2)CC1)c1cccc(C(F)(F)F)c1. The van der Waals surface area contributed by atoms with Gasteiger partial charge in [-0.3, -0.25) is 14.5 Å². The highest BCUT2D eigenvalue weighted by molar-refractivity contribution is 5.96. The molecule has 5 rings (SSSR count). The van der Waals surface area contributed by atoms with E-state index in [1.807, 2.05) is 11.0 Å². The zero-order valence-electron chi connectivity index (χ0n) is 20.0. The van der Waals surface area contributed by atoms with Gasteiger partial charge in [0, 0.05) is 55.1 Å². The first-order chi connectivity index (χ1) is 17.3. The number of nitrogens with one attached hydrogen (secondary N) is 1. The molecule has 3 heterocycles. The molecule has 36 heavy (non-hydrogen) atoms. The highest BCUT2D eigenvalue weighted by atomic mass is 19.4. The summed E-state index contributed by atoms with van der Waals surface area (Å²) in [6.07, 6.45) is 5.18. The summed E-state index contributed by atoms with van der Waals surface area (Å²) in [7, 11) is 0. The second kappa shape index (κ2) is 10.2. The van der Waals surface area contributed by atoms with E-state index in [2.05, 4.69) is 20.2 Å². The maximum absolute atomic E-state index is 12.9. The van der Waals surface area contributed by atoms with Crippen LogP contribution in [0.15, 0.2) is 42.7 Å². The maximum atomic E-state index is 12.9. The van der Waals surface area contributed by atoms with Gasteiger partial charge < -0.3 is 10.2 Å². The van der Waals surface area contributed by atoms with E-state index in [0.29, 0.717) is 24.5 Å². The molecule has 0 bridgehead atoms. The number of benzene rings is 1. The first-order valence-corrected chi connectivity index (χ1v) is 12.6. The molecule has 1 aromatic heterocycles. The van der Waals surface area contributed by atoms with Crippen molar-refractivity contribution in [2.24, 2.45) is 0 Å². The number of likely N-dealkylation sites (tertiary alicyclic amines) is 2. The Labute approximate surface area is 208 Å². The summed E-state index contributed by atoms with van der Waals surface area (Å²) in [5.41, 5.74) is -0.999. The van der Waals surface area contributed by atoms with Crippen LogP contribution in [0.1, 0.15) is 66.2 Å². The molecule has 1 aliphatic carbocycles. The van der Waals surface area contributed by atoms with Gasteiger partial charge in [-0.05, 0) is 62.8 Å². The van der Waals surface area contributed by atoms with Crippen molar-refractivity contribution in [2.45, 2.75) is 68.7 Å². The summed E-state index contributed by atoms with van der Waals surface area (Å²) in [5.74, 6) is 0.468. The molecule has 2 amide bonds. The fourth-order valence-electron chi connectivity index (χ4n) is 6.17. The van der Waals surface area contributed by atoms with Crippen LogP contribution < -0.4 is 5.32 Å². The van der Waals surface area contributed by atoms with Gasteiger partial charge in [0.2, 0.25) is 5.91 Å². The topological polar surface area (TPSA) is 78.4 Å². The smallest absolute Gasteiger partial charge is 0.343 e. The van der Waals surface area contributed by atoms with Crippen LogP contribution in [0.2, 0.25) is 0 Å². The molecule has 2 saturated heterocycles. The Kier molecular flexibility index (Phi) is 6.96. The third-order valence-electron chi connectivity index (χ3n) is 7.91. The molecular formula is C26H30F3N5O2. The Morgan fingerprint density at radius 2 is 1.67 bits per heavy atom. The number of hydrogen-bond donors (Lipinski definition) is 1. The van der Waals surface area contributed by atoms with E-state index >= 15 is 0 Å². The number of rotatable bonds is 5. The molecule has 10 heteroatoms. The third-order valence-corrected chi connectivity index (χ3v) is 7.91. The van der Waals surface area contributed by atoms with E-state index in [9.17, 15) is 22.8 Å². The molecule has 7 nitrogen and oxygen atoms in total. The average molecular weight is 502 g/mol. The highest BCUT2D eigenvalue weighted by Gasteiger charge is 2.46. The number of halogens is 3. The van der Waals surface area contributed by atoms with E-state index in [1.165, 1.54) is 12.1 Å². The number of carbonyl (C=O) groups is 2. The maximum Gasteiger partial charge on any atom is 0.416 e. The van der Waals surface area contributed by atoms with Crippen LogP contribution in [0.5, 0.6) is 0 Å². The molecule has 1 N–H and O–H groups in total. The number of fused-ring (bicyclic) bond motifs is 1. The lowest BCUT2D eigenvalue weighted by atomic mass is 9.84. The summed E-state index contributed by atoms with van der Waals surface area (Å²) in [6.45, 7) is 1.37. The molecule has 3 aliphatic rings. The van der Waals surface area contributed by atoms with Crippen molar-refractivity contribution in [3.8, 4) is 0 Å². The molecule has 2 unspecified atom stereocenters. The molecule has 1 aromatic carbocycles. The molecule has 0 radical (unpaired) electrons. The number of alkyl halides is 3. The zero-order chi connectivity index (χ0) is 25.3. The van der Waals surface area contributed by atoms with Gasteiger partial charge in [0.25, 0.3) is 5.91 Å². The van der Waals surface area contributed by atoms with E-state index in [0.717, 1.165) is 63.0 Å². The van der Waals surface area contributed by atoms with Crippen LogP contribution >= 0.6 is 0 Å².